The summed E-state index contributed by atoms with van der Waals surface area (Å²) in [7, 11) is -0.450. The summed E-state index contributed by atoms with van der Waals surface area (Å²) < 4.78 is 49.3. The predicted molar refractivity (Wildman–Crippen MR) is 108 cm³/mol. The van der Waals surface area contributed by atoms with Gasteiger partial charge in [-0.2, -0.15) is 0 Å². The van der Waals surface area contributed by atoms with E-state index in [1.165, 1.54) is 24.3 Å². The Morgan fingerprint density at radius 2 is 1.72 bits per heavy atom. The molecule has 0 unspecified atom stereocenters. The van der Waals surface area contributed by atoms with Gasteiger partial charge in [-0.3, -0.25) is 4.79 Å². The molecule has 0 aliphatic carbocycles. The first kappa shape index (κ1) is 22.6. The Kier molecular flexibility index (Phi) is 7.98. The van der Waals surface area contributed by atoms with Gasteiger partial charge in [0.05, 0.1) is 26.5 Å². The normalized spacial score (nSPS) is 12.3. The maximum absolute atomic E-state index is 13.1. The summed E-state index contributed by atoms with van der Waals surface area (Å²) >= 11 is 0. The fourth-order valence-corrected chi connectivity index (χ4v) is 3.56. The molecular weight excluding hydrogens is 399 g/mol. The molecule has 1 amide bonds. The number of benzene rings is 2. The highest BCUT2D eigenvalue weighted by molar-refractivity contribution is 7.88. The standard InChI is InChI=1S/C20H25FN2O5S/c1-27-18-9-4-14(12-19(18)28-2)10-11-22-20(24)13-17(23-29(3,25)26)15-5-7-16(21)8-6-15/h4-9,12,17,23H,10-11,13H2,1-3H3,(H,22,24)/t17-/m1/s1. The lowest BCUT2D eigenvalue weighted by Gasteiger charge is -2.18. The van der Waals surface area contributed by atoms with Gasteiger partial charge in [-0.1, -0.05) is 18.2 Å². The molecule has 0 bridgehead atoms. The zero-order valence-corrected chi connectivity index (χ0v) is 17.4. The van der Waals surface area contributed by atoms with Crippen LogP contribution in [-0.4, -0.2) is 41.3 Å². The van der Waals surface area contributed by atoms with E-state index < -0.39 is 21.9 Å². The Balaban J connectivity index is 1.96. The molecule has 2 N–H and O–H groups in total. The number of ether oxygens (including phenoxy) is 2. The van der Waals surface area contributed by atoms with Crippen LogP contribution in [0.4, 0.5) is 4.39 Å². The van der Waals surface area contributed by atoms with Gasteiger partial charge in [-0.25, -0.2) is 17.5 Å². The van der Waals surface area contributed by atoms with Gasteiger partial charge in [0.15, 0.2) is 11.5 Å². The second-order valence-corrected chi connectivity index (χ2v) is 8.27. The maximum atomic E-state index is 13.1. The largest absolute Gasteiger partial charge is 0.493 e. The number of sulfonamides is 1. The van der Waals surface area contributed by atoms with E-state index in [-0.39, 0.29) is 12.3 Å². The van der Waals surface area contributed by atoms with E-state index in [4.69, 9.17) is 9.47 Å². The van der Waals surface area contributed by atoms with E-state index in [1.807, 2.05) is 12.1 Å². The Bertz CT molecular complexity index is 932. The summed E-state index contributed by atoms with van der Waals surface area (Å²) in [5.41, 5.74) is 1.46. The number of rotatable bonds is 10. The zero-order chi connectivity index (χ0) is 21.4. The third-order valence-corrected chi connectivity index (χ3v) is 4.91. The highest BCUT2D eigenvalue weighted by atomic mass is 32.2. The van der Waals surface area contributed by atoms with Gasteiger partial charge in [-0.15, -0.1) is 0 Å². The van der Waals surface area contributed by atoms with E-state index in [0.717, 1.165) is 11.8 Å². The second-order valence-electron chi connectivity index (χ2n) is 6.49. The monoisotopic (exact) mass is 424 g/mol. The van der Waals surface area contributed by atoms with Crippen LogP contribution in [0.15, 0.2) is 42.5 Å². The smallest absolute Gasteiger partial charge is 0.221 e. The molecule has 0 heterocycles. The molecule has 9 heteroatoms. The molecule has 0 radical (unpaired) electrons. The SMILES string of the molecule is COc1ccc(CCNC(=O)C[C@@H](NS(C)(=O)=O)c2ccc(F)cc2)cc1OC. The lowest BCUT2D eigenvalue weighted by molar-refractivity contribution is -0.121. The van der Waals surface area contributed by atoms with Gasteiger partial charge in [-0.05, 0) is 41.8 Å². The van der Waals surface area contributed by atoms with E-state index >= 15 is 0 Å². The van der Waals surface area contributed by atoms with Crippen molar-refractivity contribution in [3.63, 3.8) is 0 Å². The first-order chi connectivity index (χ1) is 13.7. The molecule has 2 aromatic rings. The lowest BCUT2D eigenvalue weighted by atomic mass is 10.0. The Hall–Kier alpha value is -2.65. The molecule has 2 aromatic carbocycles. The molecule has 0 spiro atoms. The van der Waals surface area contributed by atoms with Gasteiger partial charge in [0.1, 0.15) is 5.82 Å². The van der Waals surface area contributed by atoms with Crippen LogP contribution in [0.3, 0.4) is 0 Å². The van der Waals surface area contributed by atoms with Crippen molar-refractivity contribution in [1.29, 1.82) is 0 Å². The van der Waals surface area contributed by atoms with Crippen LogP contribution < -0.4 is 19.5 Å². The fourth-order valence-electron chi connectivity index (χ4n) is 2.82. The third kappa shape index (κ3) is 7.35. The molecule has 158 valence electrons. The zero-order valence-electron chi connectivity index (χ0n) is 16.6. The summed E-state index contributed by atoms with van der Waals surface area (Å²) in [5.74, 6) is 0.460. The number of hydrogen-bond acceptors (Lipinski definition) is 5. The molecule has 1 atom stereocenters. The van der Waals surface area contributed by atoms with E-state index in [2.05, 4.69) is 10.0 Å². The number of halogens is 1. The molecule has 2 rings (SSSR count). The van der Waals surface area contributed by atoms with Crippen molar-refractivity contribution >= 4 is 15.9 Å². The van der Waals surface area contributed by atoms with Crippen molar-refractivity contribution in [2.75, 3.05) is 27.0 Å². The molecule has 0 aromatic heterocycles. The van der Waals surface area contributed by atoms with Crippen LogP contribution in [0.5, 0.6) is 11.5 Å². The van der Waals surface area contributed by atoms with Crippen molar-refractivity contribution in [1.82, 2.24) is 10.0 Å². The van der Waals surface area contributed by atoms with Crippen LogP contribution in [0, 0.1) is 5.82 Å². The number of carbonyl (C=O) groups excluding carboxylic acids is 1. The molecule has 0 saturated carbocycles. The summed E-state index contributed by atoms with van der Waals surface area (Å²) in [6.07, 6.45) is 1.47. The Labute approximate surface area is 170 Å². The molecule has 0 aliphatic rings. The van der Waals surface area contributed by atoms with Crippen molar-refractivity contribution < 1.29 is 27.1 Å². The molecule has 0 saturated heterocycles. The number of hydrogen-bond donors (Lipinski definition) is 2. The highest BCUT2D eigenvalue weighted by Gasteiger charge is 2.20. The lowest BCUT2D eigenvalue weighted by Crippen LogP contribution is -2.34. The van der Waals surface area contributed by atoms with Crippen LogP contribution in [-0.2, 0) is 21.2 Å². The summed E-state index contributed by atoms with van der Waals surface area (Å²) in [4.78, 5) is 12.3. The average Bonchev–Trinajstić information content (AvgIpc) is 2.66. The summed E-state index contributed by atoms with van der Waals surface area (Å²) in [6, 6.07) is 10.1. The number of nitrogens with one attached hydrogen (secondary N) is 2. The van der Waals surface area contributed by atoms with Crippen LogP contribution >= 0.6 is 0 Å². The van der Waals surface area contributed by atoms with E-state index in [0.29, 0.717) is 30.0 Å². The van der Waals surface area contributed by atoms with E-state index in [9.17, 15) is 17.6 Å². The average molecular weight is 424 g/mol. The summed E-state index contributed by atoms with van der Waals surface area (Å²) in [5, 5.41) is 2.77. The highest BCUT2D eigenvalue weighted by Crippen LogP contribution is 2.27. The molecule has 29 heavy (non-hydrogen) atoms. The van der Waals surface area contributed by atoms with Gasteiger partial charge in [0, 0.05) is 13.0 Å². The summed E-state index contributed by atoms with van der Waals surface area (Å²) in [6.45, 7) is 0.364. The molecular formula is C20H25FN2O5S. The maximum Gasteiger partial charge on any atom is 0.221 e. The minimum atomic E-state index is -3.55. The van der Waals surface area contributed by atoms with Crippen molar-refractivity contribution in [3.8, 4) is 11.5 Å². The number of amides is 1. The number of methoxy groups -OCH3 is 2. The van der Waals surface area contributed by atoms with Gasteiger partial charge in [0.25, 0.3) is 0 Å². The fraction of sp³-hybridized carbons (Fsp3) is 0.350. The van der Waals surface area contributed by atoms with Gasteiger partial charge in [0.2, 0.25) is 15.9 Å². The topological polar surface area (TPSA) is 93.7 Å². The Morgan fingerprint density at radius 1 is 1.07 bits per heavy atom. The molecule has 7 nitrogen and oxygen atoms in total. The molecule has 0 aliphatic heterocycles. The quantitative estimate of drug-likeness (QED) is 0.610. The minimum absolute atomic E-state index is 0.107. The van der Waals surface area contributed by atoms with Crippen molar-refractivity contribution in [2.45, 2.75) is 18.9 Å². The Morgan fingerprint density at radius 3 is 2.31 bits per heavy atom. The van der Waals surface area contributed by atoms with Crippen LogP contribution in [0.2, 0.25) is 0 Å². The van der Waals surface area contributed by atoms with Crippen molar-refractivity contribution in [2.24, 2.45) is 0 Å². The second kappa shape index (κ2) is 10.2. The van der Waals surface area contributed by atoms with E-state index in [1.54, 1.807) is 20.3 Å². The minimum Gasteiger partial charge on any atom is -0.493 e. The van der Waals surface area contributed by atoms with Gasteiger partial charge >= 0.3 is 0 Å². The predicted octanol–water partition coefficient (Wildman–Crippen LogP) is 2.18. The third-order valence-electron chi connectivity index (χ3n) is 4.20. The van der Waals surface area contributed by atoms with Crippen LogP contribution in [0.1, 0.15) is 23.6 Å². The van der Waals surface area contributed by atoms with Crippen LogP contribution in [0.25, 0.3) is 0 Å². The first-order valence-electron chi connectivity index (χ1n) is 8.92. The first-order valence-corrected chi connectivity index (χ1v) is 10.8. The van der Waals surface area contributed by atoms with Crippen molar-refractivity contribution in [3.05, 3.63) is 59.4 Å². The molecule has 0 fully saturated rings. The van der Waals surface area contributed by atoms with Gasteiger partial charge < -0.3 is 14.8 Å². The number of carbonyl (C=O) groups is 1.